The maximum atomic E-state index is 12.5. The van der Waals surface area contributed by atoms with Crippen LogP contribution in [0.5, 0.6) is 11.5 Å². The number of ether oxygens (including phenoxy) is 2. The molecule has 0 atom stereocenters. The number of H-pyrrole nitrogens is 1. The topological polar surface area (TPSA) is 83.7 Å². The SMILES string of the molecule is O=C(Nc1ccc2c(c1)OCO2)C1CCN(C(=O)c2cc(Cl)c[nH]2)CC1. The molecule has 1 saturated heterocycles. The minimum absolute atomic E-state index is 0.0427. The molecule has 8 heteroatoms. The van der Waals surface area contributed by atoms with Crippen LogP contribution in [0.2, 0.25) is 5.02 Å². The van der Waals surface area contributed by atoms with E-state index in [0.717, 1.165) is 0 Å². The molecule has 3 heterocycles. The van der Waals surface area contributed by atoms with Crippen molar-refractivity contribution in [3.8, 4) is 11.5 Å². The maximum Gasteiger partial charge on any atom is 0.270 e. The molecule has 2 aliphatic rings. The molecule has 0 aliphatic carbocycles. The number of piperidine rings is 1. The monoisotopic (exact) mass is 375 g/mol. The van der Waals surface area contributed by atoms with E-state index in [-0.39, 0.29) is 24.5 Å². The minimum atomic E-state index is -0.128. The number of nitrogens with one attached hydrogen (secondary N) is 2. The fourth-order valence-corrected chi connectivity index (χ4v) is 3.39. The fraction of sp³-hybridized carbons (Fsp3) is 0.333. The molecule has 136 valence electrons. The number of halogens is 1. The van der Waals surface area contributed by atoms with Gasteiger partial charge in [0, 0.05) is 37.0 Å². The number of anilines is 1. The molecule has 1 aromatic carbocycles. The molecule has 2 aromatic rings. The Morgan fingerprint density at radius 2 is 1.92 bits per heavy atom. The summed E-state index contributed by atoms with van der Waals surface area (Å²) < 4.78 is 10.6. The molecule has 2 aliphatic heterocycles. The molecule has 4 rings (SSSR count). The molecule has 0 spiro atoms. The first kappa shape index (κ1) is 16.8. The van der Waals surface area contributed by atoms with Crippen LogP contribution in [0.3, 0.4) is 0 Å². The number of carbonyl (C=O) groups excluding carboxylic acids is 2. The second-order valence-electron chi connectivity index (χ2n) is 6.36. The van der Waals surface area contributed by atoms with E-state index in [2.05, 4.69) is 10.3 Å². The summed E-state index contributed by atoms with van der Waals surface area (Å²) in [5.41, 5.74) is 1.15. The van der Waals surface area contributed by atoms with Crippen molar-refractivity contribution in [2.24, 2.45) is 5.92 Å². The lowest BCUT2D eigenvalue weighted by atomic mass is 9.95. The Kier molecular flexibility index (Phi) is 4.46. The van der Waals surface area contributed by atoms with Gasteiger partial charge in [-0.15, -0.1) is 0 Å². The second-order valence-corrected chi connectivity index (χ2v) is 6.79. The van der Waals surface area contributed by atoms with Crippen LogP contribution in [0.25, 0.3) is 0 Å². The average Bonchev–Trinajstić information content (AvgIpc) is 3.29. The van der Waals surface area contributed by atoms with Crippen LogP contribution < -0.4 is 14.8 Å². The van der Waals surface area contributed by atoms with Gasteiger partial charge in [0.15, 0.2) is 11.5 Å². The van der Waals surface area contributed by atoms with Crippen molar-refractivity contribution >= 4 is 29.1 Å². The van der Waals surface area contributed by atoms with E-state index in [1.165, 1.54) is 0 Å². The van der Waals surface area contributed by atoms with Gasteiger partial charge in [-0.3, -0.25) is 9.59 Å². The highest BCUT2D eigenvalue weighted by molar-refractivity contribution is 6.30. The third-order valence-corrected chi connectivity index (χ3v) is 4.89. The normalized spacial score (nSPS) is 16.6. The van der Waals surface area contributed by atoms with Gasteiger partial charge < -0.3 is 24.7 Å². The molecule has 1 aromatic heterocycles. The van der Waals surface area contributed by atoms with Crippen LogP contribution in [0, 0.1) is 5.92 Å². The number of fused-ring (bicyclic) bond motifs is 1. The summed E-state index contributed by atoms with van der Waals surface area (Å²) in [6.07, 6.45) is 2.83. The van der Waals surface area contributed by atoms with Gasteiger partial charge in [-0.1, -0.05) is 11.6 Å². The van der Waals surface area contributed by atoms with E-state index in [1.807, 2.05) is 0 Å². The van der Waals surface area contributed by atoms with Gasteiger partial charge in [-0.2, -0.15) is 0 Å². The molecule has 26 heavy (non-hydrogen) atoms. The zero-order valence-electron chi connectivity index (χ0n) is 14.0. The number of aromatic amines is 1. The lowest BCUT2D eigenvalue weighted by Gasteiger charge is -2.31. The summed E-state index contributed by atoms with van der Waals surface area (Å²) in [7, 11) is 0. The van der Waals surface area contributed by atoms with Crippen molar-refractivity contribution in [3.63, 3.8) is 0 Å². The van der Waals surface area contributed by atoms with E-state index in [0.29, 0.717) is 53.8 Å². The number of nitrogens with zero attached hydrogens (tertiary/aromatic N) is 1. The Morgan fingerprint density at radius 1 is 1.15 bits per heavy atom. The molecule has 0 bridgehead atoms. The van der Waals surface area contributed by atoms with E-state index in [9.17, 15) is 9.59 Å². The highest BCUT2D eigenvalue weighted by Crippen LogP contribution is 2.34. The van der Waals surface area contributed by atoms with Gasteiger partial charge in [0.05, 0.1) is 5.02 Å². The van der Waals surface area contributed by atoms with Crippen LogP contribution in [0.4, 0.5) is 5.69 Å². The summed E-state index contributed by atoms with van der Waals surface area (Å²) in [6, 6.07) is 6.94. The summed E-state index contributed by atoms with van der Waals surface area (Å²) in [6.45, 7) is 1.27. The molecule has 0 saturated carbocycles. The molecule has 0 unspecified atom stereocenters. The highest BCUT2D eigenvalue weighted by atomic mass is 35.5. The van der Waals surface area contributed by atoms with E-state index in [1.54, 1.807) is 35.4 Å². The number of likely N-dealkylation sites (tertiary alicyclic amines) is 1. The molecule has 2 amide bonds. The highest BCUT2D eigenvalue weighted by Gasteiger charge is 2.28. The van der Waals surface area contributed by atoms with E-state index < -0.39 is 0 Å². The Balaban J connectivity index is 1.33. The summed E-state index contributed by atoms with van der Waals surface area (Å²) in [4.78, 5) is 29.5. The Hall–Kier alpha value is -2.67. The first-order valence-electron chi connectivity index (χ1n) is 8.44. The van der Waals surface area contributed by atoms with Gasteiger partial charge in [0.1, 0.15) is 5.69 Å². The maximum absolute atomic E-state index is 12.5. The predicted molar refractivity (Wildman–Crippen MR) is 95.6 cm³/mol. The number of hydrogen-bond acceptors (Lipinski definition) is 4. The zero-order valence-corrected chi connectivity index (χ0v) is 14.7. The third kappa shape index (κ3) is 3.35. The van der Waals surface area contributed by atoms with Gasteiger partial charge >= 0.3 is 0 Å². The third-order valence-electron chi connectivity index (χ3n) is 4.67. The van der Waals surface area contributed by atoms with Gasteiger partial charge in [0.2, 0.25) is 12.7 Å². The van der Waals surface area contributed by atoms with Crippen LogP contribution >= 0.6 is 11.6 Å². The van der Waals surface area contributed by atoms with Crippen molar-refractivity contribution in [3.05, 3.63) is 41.2 Å². The molecular weight excluding hydrogens is 358 g/mol. The lowest BCUT2D eigenvalue weighted by Crippen LogP contribution is -2.41. The van der Waals surface area contributed by atoms with Crippen molar-refractivity contribution in [1.82, 2.24) is 9.88 Å². The fourth-order valence-electron chi connectivity index (χ4n) is 3.23. The van der Waals surface area contributed by atoms with Gasteiger partial charge in [-0.05, 0) is 31.0 Å². The zero-order chi connectivity index (χ0) is 18.1. The molecule has 0 radical (unpaired) electrons. The van der Waals surface area contributed by atoms with Crippen molar-refractivity contribution in [1.29, 1.82) is 0 Å². The number of benzene rings is 1. The van der Waals surface area contributed by atoms with Crippen LogP contribution in [-0.2, 0) is 4.79 Å². The summed E-state index contributed by atoms with van der Waals surface area (Å²) in [5.74, 6) is 1.05. The van der Waals surface area contributed by atoms with Crippen molar-refractivity contribution in [2.45, 2.75) is 12.8 Å². The quantitative estimate of drug-likeness (QED) is 0.864. The Morgan fingerprint density at radius 3 is 2.65 bits per heavy atom. The molecule has 7 nitrogen and oxygen atoms in total. The van der Waals surface area contributed by atoms with Gasteiger partial charge in [0.25, 0.3) is 5.91 Å². The number of amides is 2. The largest absolute Gasteiger partial charge is 0.454 e. The number of carbonyl (C=O) groups is 2. The van der Waals surface area contributed by atoms with Crippen molar-refractivity contribution in [2.75, 3.05) is 25.2 Å². The second kappa shape index (κ2) is 6.92. The first-order valence-corrected chi connectivity index (χ1v) is 8.81. The summed E-state index contributed by atoms with van der Waals surface area (Å²) >= 11 is 5.85. The average molecular weight is 376 g/mol. The van der Waals surface area contributed by atoms with E-state index >= 15 is 0 Å². The smallest absolute Gasteiger partial charge is 0.270 e. The van der Waals surface area contributed by atoms with E-state index in [4.69, 9.17) is 21.1 Å². The Bertz CT molecular complexity index is 843. The van der Waals surface area contributed by atoms with Crippen LogP contribution in [0.15, 0.2) is 30.5 Å². The number of hydrogen-bond donors (Lipinski definition) is 2. The summed E-state index contributed by atoms with van der Waals surface area (Å²) in [5, 5.41) is 3.42. The molecular formula is C18H18ClN3O4. The standard InChI is InChI=1S/C18H18ClN3O4/c19-12-7-14(20-9-12)18(24)22-5-3-11(4-6-22)17(23)21-13-1-2-15-16(8-13)26-10-25-15/h1-2,7-9,11,20H,3-6,10H2,(H,21,23). The lowest BCUT2D eigenvalue weighted by molar-refractivity contribution is -0.121. The minimum Gasteiger partial charge on any atom is -0.454 e. The number of aromatic nitrogens is 1. The molecule has 1 fully saturated rings. The van der Waals surface area contributed by atoms with Crippen LogP contribution in [-0.4, -0.2) is 41.6 Å². The first-order chi connectivity index (χ1) is 12.6. The van der Waals surface area contributed by atoms with Crippen molar-refractivity contribution < 1.29 is 19.1 Å². The van der Waals surface area contributed by atoms with Gasteiger partial charge in [-0.25, -0.2) is 0 Å². The van der Waals surface area contributed by atoms with Crippen LogP contribution in [0.1, 0.15) is 23.3 Å². The number of rotatable bonds is 3. The molecule has 2 N–H and O–H groups in total. The Labute approximate surface area is 155 Å². The predicted octanol–water partition coefficient (Wildman–Crippen LogP) is 2.89.